The SMILES string of the molecule is CCCSP(=O)(OCC)OC(CCO)OC(C)=O. The Balaban J connectivity index is 4.57. The van der Waals surface area contributed by atoms with E-state index in [-0.39, 0.29) is 19.6 Å². The minimum Gasteiger partial charge on any atom is -0.435 e. The zero-order valence-corrected chi connectivity index (χ0v) is 12.7. The minimum absolute atomic E-state index is 0.0589. The lowest BCUT2D eigenvalue weighted by Crippen LogP contribution is -2.20. The van der Waals surface area contributed by atoms with Gasteiger partial charge in [0, 0.05) is 25.7 Å². The van der Waals surface area contributed by atoms with Crippen LogP contribution in [-0.4, -0.2) is 36.3 Å². The molecule has 2 unspecified atom stereocenters. The highest BCUT2D eigenvalue weighted by molar-refractivity contribution is 8.55. The Morgan fingerprint density at radius 2 is 2.11 bits per heavy atom. The van der Waals surface area contributed by atoms with Crippen molar-refractivity contribution in [2.75, 3.05) is 19.0 Å². The van der Waals surface area contributed by atoms with Gasteiger partial charge in [0.05, 0.1) is 6.61 Å². The maximum atomic E-state index is 12.3. The summed E-state index contributed by atoms with van der Waals surface area (Å²) in [7, 11) is 0. The predicted octanol–water partition coefficient (Wildman–Crippen LogP) is 2.56. The maximum Gasteiger partial charge on any atom is 0.392 e. The molecule has 0 aliphatic rings. The molecule has 2 atom stereocenters. The Kier molecular flexibility index (Phi) is 9.77. The van der Waals surface area contributed by atoms with Gasteiger partial charge in [-0.2, -0.15) is 0 Å². The molecule has 0 aliphatic carbocycles. The Hall–Kier alpha value is -0.0700. The van der Waals surface area contributed by atoms with Gasteiger partial charge in [-0.15, -0.1) is 0 Å². The highest BCUT2D eigenvalue weighted by Gasteiger charge is 2.30. The molecule has 0 bridgehead atoms. The lowest BCUT2D eigenvalue weighted by molar-refractivity contribution is -0.163. The fourth-order valence-electron chi connectivity index (χ4n) is 1.03. The van der Waals surface area contributed by atoms with Crippen molar-refractivity contribution in [2.24, 2.45) is 0 Å². The number of aliphatic hydroxyl groups excluding tert-OH is 1. The standard InChI is InChI=1S/C10H21O6PS/c1-4-8-18-17(13,14-5-2)16-10(6-7-11)15-9(3)12/h10-11H,4-8H2,1-3H3. The zero-order valence-electron chi connectivity index (χ0n) is 11.0. The van der Waals surface area contributed by atoms with E-state index in [0.29, 0.717) is 5.75 Å². The topological polar surface area (TPSA) is 82.1 Å². The molecule has 0 aromatic heterocycles. The lowest BCUT2D eigenvalue weighted by Gasteiger charge is -2.22. The third-order valence-electron chi connectivity index (χ3n) is 1.65. The Bertz CT molecular complexity index is 286. The fraction of sp³-hybridized carbons (Fsp3) is 0.900. The predicted molar refractivity (Wildman–Crippen MR) is 70.3 cm³/mol. The van der Waals surface area contributed by atoms with Gasteiger partial charge >= 0.3 is 12.8 Å². The van der Waals surface area contributed by atoms with Gasteiger partial charge in [0.15, 0.2) is 0 Å². The van der Waals surface area contributed by atoms with Crippen molar-refractivity contribution >= 4 is 24.1 Å². The van der Waals surface area contributed by atoms with E-state index in [1.165, 1.54) is 6.92 Å². The minimum atomic E-state index is -3.35. The molecule has 0 aromatic rings. The molecule has 0 spiro atoms. The molecule has 0 saturated carbocycles. The molecule has 6 nitrogen and oxygen atoms in total. The summed E-state index contributed by atoms with van der Waals surface area (Å²) in [5.74, 6) is 0.0559. The fourth-order valence-corrected chi connectivity index (χ4v) is 4.61. The number of ether oxygens (including phenoxy) is 1. The van der Waals surface area contributed by atoms with E-state index in [2.05, 4.69) is 0 Å². The van der Waals surface area contributed by atoms with Crippen LogP contribution in [0.25, 0.3) is 0 Å². The second-order valence-electron chi connectivity index (χ2n) is 3.35. The van der Waals surface area contributed by atoms with Crippen LogP contribution in [0.4, 0.5) is 0 Å². The van der Waals surface area contributed by atoms with Crippen molar-refractivity contribution in [1.29, 1.82) is 0 Å². The number of hydrogen-bond donors (Lipinski definition) is 1. The number of carbonyl (C=O) groups is 1. The zero-order chi connectivity index (χ0) is 14.0. The molecule has 0 amide bonds. The summed E-state index contributed by atoms with van der Waals surface area (Å²) in [6.45, 7) is 1.52. The van der Waals surface area contributed by atoms with Gasteiger partial charge in [0.25, 0.3) is 0 Å². The largest absolute Gasteiger partial charge is 0.435 e. The summed E-state index contributed by atoms with van der Waals surface area (Å²) in [5.41, 5.74) is 0. The quantitative estimate of drug-likeness (QED) is 0.377. The van der Waals surface area contributed by atoms with E-state index in [4.69, 9.17) is 18.9 Å². The molecular weight excluding hydrogens is 279 g/mol. The van der Waals surface area contributed by atoms with Gasteiger partial charge in [-0.05, 0) is 24.7 Å². The van der Waals surface area contributed by atoms with Gasteiger partial charge in [-0.1, -0.05) is 6.92 Å². The normalized spacial score (nSPS) is 16.0. The highest BCUT2D eigenvalue weighted by atomic mass is 32.7. The van der Waals surface area contributed by atoms with Crippen molar-refractivity contribution in [3.8, 4) is 0 Å². The third kappa shape index (κ3) is 8.11. The van der Waals surface area contributed by atoms with Crippen molar-refractivity contribution in [1.82, 2.24) is 0 Å². The van der Waals surface area contributed by atoms with Crippen LogP contribution >= 0.6 is 18.2 Å². The van der Waals surface area contributed by atoms with Crippen LogP contribution < -0.4 is 0 Å². The number of esters is 1. The average molecular weight is 300 g/mol. The van der Waals surface area contributed by atoms with Crippen molar-refractivity contribution < 1.29 is 28.3 Å². The molecule has 0 aromatic carbocycles. The summed E-state index contributed by atoms with van der Waals surface area (Å²) >= 11 is 1.07. The smallest absolute Gasteiger partial charge is 0.392 e. The average Bonchev–Trinajstić information content (AvgIpc) is 2.26. The van der Waals surface area contributed by atoms with E-state index in [1.807, 2.05) is 6.92 Å². The number of rotatable bonds is 10. The van der Waals surface area contributed by atoms with E-state index in [1.54, 1.807) is 6.92 Å². The van der Waals surface area contributed by atoms with Gasteiger partial charge in [0.2, 0.25) is 6.29 Å². The second kappa shape index (κ2) is 9.81. The number of carbonyl (C=O) groups excluding carboxylic acids is 1. The van der Waals surface area contributed by atoms with Crippen LogP contribution in [0.1, 0.15) is 33.6 Å². The van der Waals surface area contributed by atoms with Crippen molar-refractivity contribution in [3.05, 3.63) is 0 Å². The number of aliphatic hydroxyl groups is 1. The van der Waals surface area contributed by atoms with Crippen LogP contribution in [0.3, 0.4) is 0 Å². The first kappa shape index (κ1) is 17.9. The molecule has 0 rings (SSSR count). The van der Waals surface area contributed by atoms with E-state index >= 15 is 0 Å². The van der Waals surface area contributed by atoms with Crippen LogP contribution in [0, 0.1) is 0 Å². The van der Waals surface area contributed by atoms with Crippen LogP contribution in [-0.2, 0) is 23.1 Å². The molecule has 18 heavy (non-hydrogen) atoms. The van der Waals surface area contributed by atoms with Gasteiger partial charge < -0.3 is 14.4 Å². The Labute approximate surface area is 112 Å². The second-order valence-corrected chi connectivity index (χ2v) is 7.50. The van der Waals surface area contributed by atoms with Crippen molar-refractivity contribution in [2.45, 2.75) is 39.9 Å². The molecule has 0 aliphatic heterocycles. The molecular formula is C10H21O6PS. The van der Waals surface area contributed by atoms with Crippen molar-refractivity contribution in [3.63, 3.8) is 0 Å². The van der Waals surface area contributed by atoms with Crippen LogP contribution in [0.15, 0.2) is 0 Å². The van der Waals surface area contributed by atoms with Gasteiger partial charge in [0.1, 0.15) is 0 Å². The molecule has 0 radical (unpaired) electrons. The van der Waals surface area contributed by atoms with Gasteiger partial charge in [-0.25, -0.2) is 4.57 Å². The van der Waals surface area contributed by atoms with Crippen LogP contribution in [0.5, 0.6) is 0 Å². The summed E-state index contributed by atoms with van der Waals surface area (Å²) in [4.78, 5) is 10.9. The first-order valence-electron chi connectivity index (χ1n) is 5.83. The summed E-state index contributed by atoms with van der Waals surface area (Å²) in [6.07, 6.45) is -0.165. The Morgan fingerprint density at radius 1 is 1.44 bits per heavy atom. The lowest BCUT2D eigenvalue weighted by atomic mass is 10.4. The first-order chi connectivity index (χ1) is 8.47. The molecule has 0 fully saturated rings. The monoisotopic (exact) mass is 300 g/mol. The highest BCUT2D eigenvalue weighted by Crippen LogP contribution is 2.61. The molecule has 0 heterocycles. The maximum absolute atomic E-state index is 12.3. The first-order valence-corrected chi connectivity index (χ1v) is 8.96. The summed E-state index contributed by atoms with van der Waals surface area (Å²) in [5, 5.41) is 8.84. The Morgan fingerprint density at radius 3 is 2.56 bits per heavy atom. The summed E-state index contributed by atoms with van der Waals surface area (Å²) < 4.78 is 27.4. The summed E-state index contributed by atoms with van der Waals surface area (Å²) in [6, 6.07) is 0. The van der Waals surface area contributed by atoms with E-state index in [0.717, 1.165) is 17.8 Å². The molecule has 108 valence electrons. The molecule has 0 saturated heterocycles. The van der Waals surface area contributed by atoms with Gasteiger partial charge in [-0.3, -0.25) is 9.32 Å². The van der Waals surface area contributed by atoms with E-state index < -0.39 is 19.1 Å². The number of hydrogen-bond acceptors (Lipinski definition) is 7. The van der Waals surface area contributed by atoms with E-state index in [9.17, 15) is 9.36 Å². The molecule has 1 N–H and O–H groups in total. The van der Waals surface area contributed by atoms with Crippen LogP contribution in [0.2, 0.25) is 0 Å². The third-order valence-corrected chi connectivity index (χ3v) is 5.70. The molecule has 8 heteroatoms.